The van der Waals surface area contributed by atoms with Crippen LogP contribution in [0.15, 0.2) is 97.3 Å². The van der Waals surface area contributed by atoms with E-state index in [1.807, 2.05) is 42.5 Å². The van der Waals surface area contributed by atoms with Crippen LogP contribution in [0.5, 0.6) is 0 Å². The summed E-state index contributed by atoms with van der Waals surface area (Å²) in [7, 11) is 0. The minimum atomic E-state index is -1.08. The number of aromatic nitrogens is 4. The summed E-state index contributed by atoms with van der Waals surface area (Å²) in [5.41, 5.74) is 4.62. The highest BCUT2D eigenvalue weighted by Crippen LogP contribution is 2.39. The summed E-state index contributed by atoms with van der Waals surface area (Å²) in [4.78, 5) is 55.9. The highest BCUT2D eigenvalue weighted by Gasteiger charge is 2.37. The largest absolute Gasteiger partial charge is 0.478 e. The minimum absolute atomic E-state index is 0.00969. The number of carboxylic acid groups (broad SMARTS) is 1. The van der Waals surface area contributed by atoms with Crippen molar-refractivity contribution < 1.29 is 33.4 Å². The predicted octanol–water partition coefficient (Wildman–Crippen LogP) is 6.62. The van der Waals surface area contributed by atoms with E-state index in [1.54, 1.807) is 17.0 Å². The number of Topliss-reactive ketones (excluding diaryl/α,β-unsaturated/α-hetero) is 1. The van der Waals surface area contributed by atoms with Gasteiger partial charge in [0.2, 0.25) is 5.91 Å². The first-order valence-electron chi connectivity index (χ1n) is 17.8. The van der Waals surface area contributed by atoms with Gasteiger partial charge in [0.25, 0.3) is 0 Å². The molecule has 5 aromatic rings. The van der Waals surface area contributed by atoms with Crippen LogP contribution in [0.25, 0.3) is 11.8 Å². The standard InChI is InChI=1S/C41H36ClFN6O6/c42-34-14-15-35(49-25-44-45-46-49)33(38(34)43)13-16-37(51)48-22-19-31-30(28-17-20-47(21-18-28)41(54)55-24-27-5-2-1-3-6-27)7-4-8-32(31)39(48)36(50)23-26-9-11-29(12-10-26)40(52)53/h1-16,25,28,39H,17-24H2,(H,52,53)/b16-13+. The second-order valence-corrected chi connectivity index (χ2v) is 13.8. The van der Waals surface area contributed by atoms with Gasteiger partial charge in [0, 0.05) is 37.7 Å². The van der Waals surface area contributed by atoms with Gasteiger partial charge in [-0.15, -0.1) is 5.10 Å². The van der Waals surface area contributed by atoms with Crippen molar-refractivity contribution in [3.63, 3.8) is 0 Å². The zero-order valence-electron chi connectivity index (χ0n) is 29.6. The number of hydrogen-bond donors (Lipinski definition) is 1. The fraction of sp³-hybridized carbons (Fsp3) is 0.244. The second-order valence-electron chi connectivity index (χ2n) is 13.4. The molecule has 280 valence electrons. The number of aromatic carboxylic acids is 1. The number of ether oxygens (including phenoxy) is 1. The van der Waals surface area contributed by atoms with Crippen LogP contribution in [0.1, 0.15) is 68.5 Å². The van der Waals surface area contributed by atoms with Crippen LogP contribution >= 0.6 is 11.6 Å². The third kappa shape index (κ3) is 8.16. The summed E-state index contributed by atoms with van der Waals surface area (Å²) < 4.78 is 22.2. The number of fused-ring (bicyclic) bond motifs is 1. The van der Waals surface area contributed by atoms with Crippen molar-refractivity contribution in [3.05, 3.63) is 147 Å². The fourth-order valence-electron chi connectivity index (χ4n) is 7.35. The van der Waals surface area contributed by atoms with Crippen molar-refractivity contribution in [2.45, 2.75) is 44.2 Å². The number of nitrogens with zero attached hydrogens (tertiary/aromatic N) is 6. The zero-order valence-corrected chi connectivity index (χ0v) is 30.3. The minimum Gasteiger partial charge on any atom is -0.478 e. The van der Waals surface area contributed by atoms with E-state index in [0.717, 1.165) is 16.7 Å². The molecule has 1 unspecified atom stereocenters. The smallest absolute Gasteiger partial charge is 0.410 e. The molecule has 1 atom stereocenters. The first kappa shape index (κ1) is 37.1. The third-order valence-corrected chi connectivity index (χ3v) is 10.4. The second kappa shape index (κ2) is 16.4. The lowest BCUT2D eigenvalue weighted by Gasteiger charge is -2.39. The number of rotatable bonds is 10. The number of piperidine rings is 1. The Morgan fingerprint density at radius 2 is 1.64 bits per heavy atom. The molecular formula is C41H36ClFN6O6. The molecule has 2 amide bonds. The van der Waals surface area contributed by atoms with E-state index < -0.39 is 23.7 Å². The van der Waals surface area contributed by atoms with Gasteiger partial charge >= 0.3 is 12.1 Å². The number of tetrazole rings is 1. The van der Waals surface area contributed by atoms with Crippen LogP contribution in [0.4, 0.5) is 9.18 Å². The molecule has 7 rings (SSSR count). The van der Waals surface area contributed by atoms with Crippen LogP contribution in [0.2, 0.25) is 5.02 Å². The quantitative estimate of drug-likeness (QED) is 0.155. The molecule has 1 fully saturated rings. The number of carboxylic acids is 1. The van der Waals surface area contributed by atoms with E-state index in [-0.39, 0.29) is 59.2 Å². The molecule has 1 saturated heterocycles. The number of carbonyl (C=O) groups excluding carboxylic acids is 3. The number of benzene rings is 4. The van der Waals surface area contributed by atoms with Crippen LogP contribution in [-0.2, 0) is 33.8 Å². The van der Waals surface area contributed by atoms with Crippen molar-refractivity contribution >= 4 is 41.4 Å². The Morgan fingerprint density at radius 1 is 0.891 bits per heavy atom. The van der Waals surface area contributed by atoms with Gasteiger partial charge in [-0.3, -0.25) is 9.59 Å². The zero-order chi connectivity index (χ0) is 38.5. The van der Waals surface area contributed by atoms with Crippen molar-refractivity contribution in [1.29, 1.82) is 0 Å². The number of amides is 2. The number of carbonyl (C=O) groups is 4. The molecule has 0 spiro atoms. The first-order valence-corrected chi connectivity index (χ1v) is 18.2. The molecule has 2 aliphatic heterocycles. The Labute approximate surface area is 320 Å². The van der Waals surface area contributed by atoms with E-state index in [0.29, 0.717) is 43.5 Å². The monoisotopic (exact) mass is 762 g/mol. The van der Waals surface area contributed by atoms with Gasteiger partial charge in [-0.25, -0.2) is 14.0 Å². The Kier molecular flexibility index (Phi) is 11.1. The molecule has 0 aliphatic carbocycles. The highest BCUT2D eigenvalue weighted by atomic mass is 35.5. The fourth-order valence-corrected chi connectivity index (χ4v) is 7.51. The molecule has 1 aromatic heterocycles. The van der Waals surface area contributed by atoms with E-state index >= 15 is 4.39 Å². The summed E-state index contributed by atoms with van der Waals surface area (Å²) in [6.07, 6.45) is 5.27. The number of likely N-dealkylation sites (tertiary alicyclic amines) is 1. The maximum atomic E-state index is 15.4. The summed E-state index contributed by atoms with van der Waals surface area (Å²) in [5.74, 6) is -2.50. The molecule has 0 bridgehead atoms. The van der Waals surface area contributed by atoms with Gasteiger partial charge in [0.05, 0.1) is 16.3 Å². The Hall–Kier alpha value is -6.21. The van der Waals surface area contributed by atoms with E-state index in [4.69, 9.17) is 16.3 Å². The van der Waals surface area contributed by atoms with Gasteiger partial charge in [-0.05, 0) is 93.8 Å². The van der Waals surface area contributed by atoms with Gasteiger partial charge in [-0.1, -0.05) is 72.3 Å². The lowest BCUT2D eigenvalue weighted by molar-refractivity contribution is -0.136. The summed E-state index contributed by atoms with van der Waals surface area (Å²) in [5, 5.41) is 20.3. The van der Waals surface area contributed by atoms with Gasteiger partial charge in [-0.2, -0.15) is 4.68 Å². The Balaban J connectivity index is 1.14. The highest BCUT2D eigenvalue weighted by molar-refractivity contribution is 6.31. The molecule has 0 radical (unpaired) electrons. The summed E-state index contributed by atoms with van der Waals surface area (Å²) in [6, 6.07) is 23.3. The van der Waals surface area contributed by atoms with Gasteiger partial charge in [0.15, 0.2) is 11.6 Å². The maximum absolute atomic E-state index is 15.4. The normalized spacial score (nSPS) is 15.9. The molecule has 0 saturated carbocycles. The Morgan fingerprint density at radius 3 is 2.35 bits per heavy atom. The number of ketones is 1. The molecule has 1 N–H and O–H groups in total. The topological polar surface area (TPSA) is 148 Å². The molecule has 12 nitrogen and oxygen atoms in total. The molecule has 2 aliphatic rings. The van der Waals surface area contributed by atoms with Crippen LogP contribution < -0.4 is 0 Å². The van der Waals surface area contributed by atoms with Crippen LogP contribution in [-0.4, -0.2) is 78.5 Å². The average molecular weight is 763 g/mol. The van der Waals surface area contributed by atoms with Gasteiger partial charge < -0.3 is 19.6 Å². The van der Waals surface area contributed by atoms with Crippen molar-refractivity contribution in [2.75, 3.05) is 19.6 Å². The lowest BCUT2D eigenvalue weighted by atomic mass is 9.79. The van der Waals surface area contributed by atoms with Crippen LogP contribution in [0, 0.1) is 5.82 Å². The predicted molar refractivity (Wildman–Crippen MR) is 200 cm³/mol. The maximum Gasteiger partial charge on any atom is 0.410 e. The first-order chi connectivity index (χ1) is 26.7. The summed E-state index contributed by atoms with van der Waals surface area (Å²) in [6.45, 7) is 1.44. The number of hydrogen-bond acceptors (Lipinski definition) is 8. The average Bonchev–Trinajstić information content (AvgIpc) is 3.75. The van der Waals surface area contributed by atoms with Crippen LogP contribution in [0.3, 0.4) is 0 Å². The Bertz CT molecular complexity index is 2240. The molecule has 55 heavy (non-hydrogen) atoms. The van der Waals surface area contributed by atoms with E-state index in [9.17, 15) is 24.3 Å². The van der Waals surface area contributed by atoms with Crippen molar-refractivity contribution in [3.8, 4) is 5.69 Å². The SMILES string of the molecule is O=C(O)c1ccc(CC(=O)C2c3cccc(C4CCN(C(=O)OCc5ccccc5)CC4)c3CCN2C(=O)/C=C/c2c(-n3cnnn3)ccc(Cl)c2F)cc1. The third-order valence-electron chi connectivity index (χ3n) is 10.1. The number of halogens is 2. The molecule has 14 heteroatoms. The lowest BCUT2D eigenvalue weighted by Crippen LogP contribution is -2.44. The van der Waals surface area contributed by atoms with Gasteiger partial charge in [0.1, 0.15) is 19.0 Å². The molecular weight excluding hydrogens is 727 g/mol. The molecule has 3 heterocycles. The summed E-state index contributed by atoms with van der Waals surface area (Å²) >= 11 is 6.11. The van der Waals surface area contributed by atoms with E-state index in [1.165, 1.54) is 52.3 Å². The van der Waals surface area contributed by atoms with Crippen molar-refractivity contribution in [1.82, 2.24) is 30.0 Å². The van der Waals surface area contributed by atoms with Crippen molar-refractivity contribution in [2.24, 2.45) is 0 Å². The molecule has 4 aromatic carbocycles. The van der Waals surface area contributed by atoms with E-state index in [2.05, 4.69) is 21.6 Å².